The second-order valence-electron chi connectivity index (χ2n) is 3.65. The number of carbonyl (C=O) groups excluding carboxylic acids is 2. The van der Waals surface area contributed by atoms with Gasteiger partial charge in [-0.3, -0.25) is 9.59 Å². The van der Waals surface area contributed by atoms with E-state index in [1.165, 1.54) is 0 Å². The lowest BCUT2D eigenvalue weighted by Crippen LogP contribution is -2.42. The standard InChI is InChI=1S/C10H17BrN2O3/c1-8(11)10(15)12-3-2-9(14)13-4-6-16-7-5-13/h8H,2-7H2,1H3,(H,12,15). The third-order valence-corrected chi connectivity index (χ3v) is 2.78. The lowest BCUT2D eigenvalue weighted by atomic mass is 10.3. The molecule has 1 fully saturated rings. The van der Waals surface area contributed by atoms with E-state index in [4.69, 9.17) is 4.74 Å². The van der Waals surface area contributed by atoms with Gasteiger partial charge < -0.3 is 15.0 Å². The van der Waals surface area contributed by atoms with Gasteiger partial charge in [0.1, 0.15) is 0 Å². The number of rotatable bonds is 4. The normalized spacial score (nSPS) is 18.0. The Bertz CT molecular complexity index is 252. The van der Waals surface area contributed by atoms with E-state index in [0.29, 0.717) is 39.3 Å². The van der Waals surface area contributed by atoms with E-state index >= 15 is 0 Å². The van der Waals surface area contributed by atoms with Gasteiger partial charge >= 0.3 is 0 Å². The second kappa shape index (κ2) is 6.85. The van der Waals surface area contributed by atoms with E-state index in [2.05, 4.69) is 21.2 Å². The molecule has 1 saturated heterocycles. The van der Waals surface area contributed by atoms with Crippen molar-refractivity contribution in [2.75, 3.05) is 32.8 Å². The summed E-state index contributed by atoms with van der Waals surface area (Å²) in [7, 11) is 0. The summed E-state index contributed by atoms with van der Waals surface area (Å²) >= 11 is 3.16. The third kappa shape index (κ3) is 4.49. The number of hydrogen-bond donors (Lipinski definition) is 1. The smallest absolute Gasteiger partial charge is 0.233 e. The Morgan fingerprint density at radius 3 is 2.62 bits per heavy atom. The quantitative estimate of drug-likeness (QED) is 0.750. The minimum atomic E-state index is -0.217. The molecule has 5 nitrogen and oxygen atoms in total. The first kappa shape index (κ1) is 13.4. The number of amides is 2. The molecule has 1 atom stereocenters. The van der Waals surface area contributed by atoms with Crippen molar-refractivity contribution in [1.29, 1.82) is 0 Å². The fourth-order valence-electron chi connectivity index (χ4n) is 1.40. The number of morpholine rings is 1. The Kier molecular flexibility index (Phi) is 5.76. The lowest BCUT2D eigenvalue weighted by Gasteiger charge is -2.26. The molecular formula is C10H17BrN2O3. The molecule has 92 valence electrons. The second-order valence-corrected chi connectivity index (χ2v) is 5.02. The highest BCUT2D eigenvalue weighted by Gasteiger charge is 2.16. The number of halogens is 1. The number of alkyl halides is 1. The van der Waals surface area contributed by atoms with Crippen LogP contribution < -0.4 is 5.32 Å². The van der Waals surface area contributed by atoms with Crippen molar-refractivity contribution < 1.29 is 14.3 Å². The lowest BCUT2D eigenvalue weighted by molar-refractivity contribution is -0.135. The van der Waals surface area contributed by atoms with Crippen molar-refractivity contribution >= 4 is 27.7 Å². The summed E-state index contributed by atoms with van der Waals surface area (Å²) in [5.41, 5.74) is 0. The van der Waals surface area contributed by atoms with Crippen LogP contribution in [0.2, 0.25) is 0 Å². The number of ether oxygens (including phenoxy) is 1. The molecule has 0 aliphatic carbocycles. The van der Waals surface area contributed by atoms with Crippen LogP contribution in [-0.4, -0.2) is 54.4 Å². The monoisotopic (exact) mass is 292 g/mol. The zero-order chi connectivity index (χ0) is 12.0. The maximum Gasteiger partial charge on any atom is 0.233 e. The topological polar surface area (TPSA) is 58.6 Å². The van der Waals surface area contributed by atoms with Gasteiger partial charge in [-0.2, -0.15) is 0 Å². The minimum absolute atomic E-state index is 0.0748. The number of nitrogens with one attached hydrogen (secondary N) is 1. The molecule has 1 aliphatic rings. The van der Waals surface area contributed by atoms with Gasteiger partial charge in [-0.25, -0.2) is 0 Å². The van der Waals surface area contributed by atoms with Gasteiger partial charge in [0, 0.05) is 26.1 Å². The summed E-state index contributed by atoms with van der Waals surface area (Å²) < 4.78 is 5.15. The average molecular weight is 293 g/mol. The zero-order valence-electron chi connectivity index (χ0n) is 9.37. The van der Waals surface area contributed by atoms with E-state index in [1.54, 1.807) is 11.8 Å². The largest absolute Gasteiger partial charge is 0.378 e. The van der Waals surface area contributed by atoms with E-state index in [0.717, 1.165) is 0 Å². The summed E-state index contributed by atoms with van der Waals surface area (Å²) in [6.07, 6.45) is 0.353. The SMILES string of the molecule is CC(Br)C(=O)NCCC(=O)N1CCOCC1. The molecule has 0 aromatic rings. The Balaban J connectivity index is 2.17. The van der Waals surface area contributed by atoms with Crippen molar-refractivity contribution in [2.24, 2.45) is 0 Å². The first-order valence-electron chi connectivity index (χ1n) is 5.38. The molecule has 6 heteroatoms. The van der Waals surface area contributed by atoms with Crippen LogP contribution in [-0.2, 0) is 14.3 Å². The highest BCUT2D eigenvalue weighted by Crippen LogP contribution is 2.00. The highest BCUT2D eigenvalue weighted by atomic mass is 79.9. The van der Waals surface area contributed by atoms with Crippen LogP contribution in [0, 0.1) is 0 Å². The van der Waals surface area contributed by atoms with Gasteiger partial charge in [0.2, 0.25) is 11.8 Å². The molecule has 1 heterocycles. The molecule has 16 heavy (non-hydrogen) atoms. The Hall–Kier alpha value is -0.620. The van der Waals surface area contributed by atoms with E-state index in [-0.39, 0.29) is 16.6 Å². The van der Waals surface area contributed by atoms with E-state index in [1.807, 2.05) is 0 Å². The summed E-state index contributed by atoms with van der Waals surface area (Å²) in [5.74, 6) is -0.0133. The maximum absolute atomic E-state index is 11.7. The zero-order valence-corrected chi connectivity index (χ0v) is 11.0. The van der Waals surface area contributed by atoms with Gasteiger partial charge in [0.15, 0.2) is 0 Å². The van der Waals surface area contributed by atoms with Crippen LogP contribution in [0.4, 0.5) is 0 Å². The summed E-state index contributed by atoms with van der Waals surface area (Å²) in [6.45, 7) is 4.67. The van der Waals surface area contributed by atoms with Crippen LogP contribution in [0.5, 0.6) is 0 Å². The van der Waals surface area contributed by atoms with Crippen LogP contribution in [0.15, 0.2) is 0 Å². The van der Waals surface area contributed by atoms with Gasteiger partial charge in [-0.05, 0) is 6.92 Å². The Morgan fingerprint density at radius 1 is 1.44 bits per heavy atom. The van der Waals surface area contributed by atoms with Crippen LogP contribution in [0.3, 0.4) is 0 Å². The average Bonchev–Trinajstić information content (AvgIpc) is 2.29. The van der Waals surface area contributed by atoms with Crippen LogP contribution in [0.1, 0.15) is 13.3 Å². The molecule has 0 bridgehead atoms. The predicted octanol–water partition coefficient (Wildman–Crippen LogP) is 0.135. The van der Waals surface area contributed by atoms with Crippen molar-refractivity contribution in [3.8, 4) is 0 Å². The molecule has 0 radical (unpaired) electrons. The molecule has 1 rings (SSSR count). The molecule has 0 saturated carbocycles. The third-order valence-electron chi connectivity index (χ3n) is 2.36. The fourth-order valence-corrected chi connectivity index (χ4v) is 1.57. The fraction of sp³-hybridized carbons (Fsp3) is 0.800. The summed E-state index contributed by atoms with van der Waals surface area (Å²) in [4.78, 5) is 24.4. The maximum atomic E-state index is 11.7. The van der Waals surface area contributed by atoms with Crippen LogP contribution >= 0.6 is 15.9 Å². The molecule has 0 spiro atoms. The van der Waals surface area contributed by atoms with Crippen molar-refractivity contribution in [3.05, 3.63) is 0 Å². The Morgan fingerprint density at radius 2 is 2.06 bits per heavy atom. The number of nitrogens with zero attached hydrogens (tertiary/aromatic N) is 1. The van der Waals surface area contributed by atoms with Crippen molar-refractivity contribution in [2.45, 2.75) is 18.2 Å². The molecule has 0 aromatic heterocycles. The predicted molar refractivity (Wildman–Crippen MR) is 63.4 cm³/mol. The first-order chi connectivity index (χ1) is 7.61. The van der Waals surface area contributed by atoms with Gasteiger partial charge in [0.25, 0.3) is 0 Å². The minimum Gasteiger partial charge on any atom is -0.378 e. The molecule has 0 aromatic carbocycles. The number of hydrogen-bond acceptors (Lipinski definition) is 3. The van der Waals surface area contributed by atoms with Gasteiger partial charge in [-0.15, -0.1) is 0 Å². The van der Waals surface area contributed by atoms with Crippen molar-refractivity contribution in [3.63, 3.8) is 0 Å². The Labute approximate surface area is 104 Å². The summed E-state index contributed by atoms with van der Waals surface area (Å²) in [6, 6.07) is 0. The van der Waals surface area contributed by atoms with E-state index < -0.39 is 0 Å². The van der Waals surface area contributed by atoms with Crippen molar-refractivity contribution in [1.82, 2.24) is 10.2 Å². The molecule has 2 amide bonds. The molecule has 1 N–H and O–H groups in total. The molecule has 1 unspecified atom stereocenters. The van der Waals surface area contributed by atoms with Crippen LogP contribution in [0.25, 0.3) is 0 Å². The first-order valence-corrected chi connectivity index (χ1v) is 6.30. The van der Waals surface area contributed by atoms with Gasteiger partial charge in [-0.1, -0.05) is 15.9 Å². The van der Waals surface area contributed by atoms with E-state index in [9.17, 15) is 9.59 Å². The molecule has 1 aliphatic heterocycles. The number of carbonyl (C=O) groups is 2. The van der Waals surface area contributed by atoms with Gasteiger partial charge in [0.05, 0.1) is 18.0 Å². The molecular weight excluding hydrogens is 276 g/mol. The highest BCUT2D eigenvalue weighted by molar-refractivity contribution is 9.10. The summed E-state index contributed by atoms with van der Waals surface area (Å²) in [5, 5.41) is 2.69.